The molecule has 2 unspecified atom stereocenters. The SMILES string of the molecule is CC(NC(=O)C(CN)c1ccc(Cl)cc1)c1cccc(S(N)(=O)=O)c1. The summed E-state index contributed by atoms with van der Waals surface area (Å²) in [6.07, 6.45) is 0. The molecular formula is C17H20ClN3O3S. The summed E-state index contributed by atoms with van der Waals surface area (Å²) >= 11 is 5.86. The summed E-state index contributed by atoms with van der Waals surface area (Å²) in [5.41, 5.74) is 7.14. The molecule has 0 aliphatic carbocycles. The van der Waals surface area contributed by atoms with Gasteiger partial charge in [-0.05, 0) is 42.3 Å². The first-order valence-corrected chi connectivity index (χ1v) is 9.53. The van der Waals surface area contributed by atoms with Crippen molar-refractivity contribution in [1.29, 1.82) is 0 Å². The Bertz CT molecular complexity index is 854. The number of primary sulfonamides is 1. The van der Waals surface area contributed by atoms with Crippen molar-refractivity contribution in [3.05, 3.63) is 64.7 Å². The highest BCUT2D eigenvalue weighted by atomic mass is 35.5. The predicted octanol–water partition coefficient (Wildman–Crippen LogP) is 1.91. The summed E-state index contributed by atoms with van der Waals surface area (Å²) in [6.45, 7) is 1.90. The van der Waals surface area contributed by atoms with Gasteiger partial charge in [-0.25, -0.2) is 13.6 Å². The first-order chi connectivity index (χ1) is 11.7. The molecule has 2 atom stereocenters. The number of halogens is 1. The first-order valence-electron chi connectivity index (χ1n) is 7.61. The third-order valence-corrected chi connectivity index (χ3v) is 5.03. The maximum absolute atomic E-state index is 12.6. The Balaban J connectivity index is 2.17. The molecule has 0 bridgehead atoms. The van der Waals surface area contributed by atoms with E-state index in [1.807, 2.05) is 0 Å². The lowest BCUT2D eigenvalue weighted by molar-refractivity contribution is -0.123. The molecule has 0 saturated heterocycles. The molecule has 5 N–H and O–H groups in total. The third kappa shape index (κ3) is 5.02. The number of amides is 1. The van der Waals surface area contributed by atoms with Crippen molar-refractivity contribution in [3.8, 4) is 0 Å². The topological polar surface area (TPSA) is 115 Å². The Morgan fingerprint density at radius 2 is 1.80 bits per heavy atom. The van der Waals surface area contributed by atoms with Crippen LogP contribution in [0, 0.1) is 0 Å². The zero-order chi connectivity index (χ0) is 18.6. The molecule has 0 heterocycles. The largest absolute Gasteiger partial charge is 0.349 e. The average molecular weight is 382 g/mol. The van der Waals surface area contributed by atoms with Gasteiger partial charge in [0.05, 0.1) is 16.9 Å². The molecule has 1 amide bonds. The van der Waals surface area contributed by atoms with Crippen molar-refractivity contribution >= 4 is 27.5 Å². The van der Waals surface area contributed by atoms with Gasteiger partial charge in [0.25, 0.3) is 0 Å². The van der Waals surface area contributed by atoms with Gasteiger partial charge in [0.2, 0.25) is 15.9 Å². The Labute approximate surface area is 152 Å². The summed E-state index contributed by atoms with van der Waals surface area (Å²) in [6, 6.07) is 12.7. The van der Waals surface area contributed by atoms with E-state index in [0.29, 0.717) is 10.6 Å². The van der Waals surface area contributed by atoms with Crippen LogP contribution in [0.2, 0.25) is 5.02 Å². The van der Waals surface area contributed by atoms with Crippen molar-refractivity contribution in [1.82, 2.24) is 5.32 Å². The molecule has 0 saturated carbocycles. The van der Waals surface area contributed by atoms with Crippen LogP contribution in [-0.2, 0) is 14.8 Å². The predicted molar refractivity (Wildman–Crippen MR) is 97.6 cm³/mol. The van der Waals surface area contributed by atoms with Gasteiger partial charge in [-0.15, -0.1) is 0 Å². The fraction of sp³-hybridized carbons (Fsp3) is 0.235. The van der Waals surface area contributed by atoms with Crippen LogP contribution in [0.15, 0.2) is 53.4 Å². The maximum Gasteiger partial charge on any atom is 0.238 e. The monoisotopic (exact) mass is 381 g/mol. The normalized spacial score (nSPS) is 13.9. The lowest BCUT2D eigenvalue weighted by Gasteiger charge is -2.20. The zero-order valence-corrected chi connectivity index (χ0v) is 15.2. The second-order valence-electron chi connectivity index (χ2n) is 5.69. The number of nitrogens with two attached hydrogens (primary N) is 2. The van der Waals surface area contributed by atoms with Crippen LogP contribution in [0.25, 0.3) is 0 Å². The van der Waals surface area contributed by atoms with Crippen LogP contribution in [0.1, 0.15) is 30.0 Å². The molecule has 0 spiro atoms. The van der Waals surface area contributed by atoms with Crippen molar-refractivity contribution in [2.45, 2.75) is 23.8 Å². The number of hydrogen-bond donors (Lipinski definition) is 3. The molecule has 0 fully saturated rings. The number of nitrogens with one attached hydrogen (secondary N) is 1. The second-order valence-corrected chi connectivity index (χ2v) is 7.69. The minimum atomic E-state index is -3.80. The highest BCUT2D eigenvalue weighted by molar-refractivity contribution is 7.89. The quantitative estimate of drug-likeness (QED) is 0.708. The summed E-state index contributed by atoms with van der Waals surface area (Å²) in [7, 11) is -3.80. The van der Waals surface area contributed by atoms with Crippen LogP contribution < -0.4 is 16.2 Å². The molecule has 8 heteroatoms. The Morgan fingerprint density at radius 1 is 1.16 bits per heavy atom. The summed E-state index contributed by atoms with van der Waals surface area (Å²) in [5.74, 6) is -0.778. The molecule has 2 aromatic rings. The van der Waals surface area contributed by atoms with Crippen molar-refractivity contribution in [2.75, 3.05) is 6.54 Å². The van der Waals surface area contributed by atoms with Gasteiger partial charge < -0.3 is 11.1 Å². The highest BCUT2D eigenvalue weighted by Crippen LogP contribution is 2.21. The van der Waals surface area contributed by atoms with E-state index < -0.39 is 22.0 Å². The minimum Gasteiger partial charge on any atom is -0.349 e. The lowest BCUT2D eigenvalue weighted by Crippen LogP contribution is -2.35. The molecule has 0 aliphatic rings. The van der Waals surface area contributed by atoms with Crippen LogP contribution in [-0.4, -0.2) is 20.9 Å². The molecule has 25 heavy (non-hydrogen) atoms. The van der Waals surface area contributed by atoms with Gasteiger partial charge in [0, 0.05) is 11.6 Å². The number of carbonyl (C=O) groups excluding carboxylic acids is 1. The van der Waals surface area contributed by atoms with E-state index in [4.69, 9.17) is 22.5 Å². The van der Waals surface area contributed by atoms with E-state index in [1.54, 1.807) is 43.3 Å². The summed E-state index contributed by atoms with van der Waals surface area (Å²) < 4.78 is 22.9. The molecule has 6 nitrogen and oxygen atoms in total. The Kier molecular flexibility index (Phi) is 6.18. The van der Waals surface area contributed by atoms with Crippen LogP contribution in [0.4, 0.5) is 0 Å². The summed E-state index contributed by atoms with van der Waals surface area (Å²) in [4.78, 5) is 12.6. The Hall–Kier alpha value is -1.93. The maximum atomic E-state index is 12.6. The van der Waals surface area contributed by atoms with Gasteiger partial charge in [0.15, 0.2) is 0 Å². The van der Waals surface area contributed by atoms with Crippen molar-refractivity contribution < 1.29 is 13.2 Å². The fourth-order valence-corrected chi connectivity index (χ4v) is 3.14. The number of carbonyl (C=O) groups is 1. The minimum absolute atomic E-state index is 0.000764. The fourth-order valence-electron chi connectivity index (χ4n) is 2.45. The number of hydrogen-bond acceptors (Lipinski definition) is 4. The average Bonchev–Trinajstić information content (AvgIpc) is 2.56. The highest BCUT2D eigenvalue weighted by Gasteiger charge is 2.21. The van der Waals surface area contributed by atoms with E-state index >= 15 is 0 Å². The number of sulfonamides is 1. The molecule has 0 radical (unpaired) electrons. The van der Waals surface area contributed by atoms with Gasteiger partial charge in [-0.1, -0.05) is 35.9 Å². The van der Waals surface area contributed by atoms with Gasteiger partial charge in [0.1, 0.15) is 0 Å². The molecule has 0 aromatic heterocycles. The number of benzene rings is 2. The van der Waals surface area contributed by atoms with Crippen molar-refractivity contribution in [3.63, 3.8) is 0 Å². The van der Waals surface area contributed by atoms with E-state index in [1.165, 1.54) is 12.1 Å². The van der Waals surface area contributed by atoms with E-state index in [9.17, 15) is 13.2 Å². The first kappa shape index (κ1) is 19.4. The standard InChI is InChI=1S/C17H20ClN3O3S/c1-11(13-3-2-4-15(9-13)25(20,23)24)21-17(22)16(10-19)12-5-7-14(18)8-6-12/h2-9,11,16H,10,19H2,1H3,(H,21,22)(H2,20,23,24). The Morgan fingerprint density at radius 3 is 2.36 bits per heavy atom. The molecule has 0 aliphatic heterocycles. The molecule has 2 rings (SSSR count). The van der Waals surface area contributed by atoms with E-state index in [-0.39, 0.29) is 17.3 Å². The van der Waals surface area contributed by atoms with Crippen LogP contribution in [0.3, 0.4) is 0 Å². The van der Waals surface area contributed by atoms with Gasteiger partial charge in [-0.2, -0.15) is 0 Å². The molecule has 2 aromatic carbocycles. The second kappa shape index (κ2) is 7.97. The molecular weight excluding hydrogens is 362 g/mol. The summed E-state index contributed by atoms with van der Waals surface area (Å²) in [5, 5.41) is 8.57. The van der Waals surface area contributed by atoms with E-state index in [0.717, 1.165) is 5.56 Å². The molecule has 134 valence electrons. The number of rotatable bonds is 6. The van der Waals surface area contributed by atoms with Crippen molar-refractivity contribution in [2.24, 2.45) is 10.9 Å². The van der Waals surface area contributed by atoms with Gasteiger partial charge in [-0.3, -0.25) is 4.79 Å². The smallest absolute Gasteiger partial charge is 0.238 e. The van der Waals surface area contributed by atoms with Crippen LogP contribution >= 0.6 is 11.6 Å². The van der Waals surface area contributed by atoms with Crippen LogP contribution in [0.5, 0.6) is 0 Å². The lowest BCUT2D eigenvalue weighted by atomic mass is 9.97. The van der Waals surface area contributed by atoms with Gasteiger partial charge >= 0.3 is 0 Å². The zero-order valence-electron chi connectivity index (χ0n) is 13.6. The third-order valence-electron chi connectivity index (χ3n) is 3.87. The van der Waals surface area contributed by atoms with E-state index in [2.05, 4.69) is 5.32 Å².